The Kier molecular flexibility index (Phi) is 3.54. The molecule has 0 radical (unpaired) electrons. The molecular formula is C12H13ClN4O3. The van der Waals surface area contributed by atoms with E-state index in [-0.39, 0.29) is 24.9 Å². The van der Waals surface area contributed by atoms with Crippen LogP contribution >= 0.6 is 11.6 Å². The van der Waals surface area contributed by atoms with Crippen LogP contribution in [0.4, 0.5) is 0 Å². The molecule has 3 heterocycles. The highest BCUT2D eigenvalue weighted by molar-refractivity contribution is 6.33. The van der Waals surface area contributed by atoms with Crippen LogP contribution in [0.1, 0.15) is 26.0 Å². The molecule has 1 aliphatic rings. The second-order valence-electron chi connectivity index (χ2n) is 4.58. The van der Waals surface area contributed by atoms with E-state index in [0.29, 0.717) is 16.3 Å². The quantitative estimate of drug-likeness (QED) is 0.634. The highest BCUT2D eigenvalue weighted by Gasteiger charge is 2.28. The van der Waals surface area contributed by atoms with Crippen molar-refractivity contribution in [3.8, 4) is 0 Å². The van der Waals surface area contributed by atoms with E-state index in [1.54, 1.807) is 6.33 Å². The van der Waals surface area contributed by atoms with E-state index in [4.69, 9.17) is 21.1 Å². The number of carbonyl (C=O) groups excluding carboxylic acids is 1. The van der Waals surface area contributed by atoms with E-state index in [2.05, 4.69) is 15.0 Å². The van der Waals surface area contributed by atoms with Gasteiger partial charge in [0.05, 0.1) is 12.4 Å². The lowest BCUT2D eigenvalue weighted by molar-refractivity contribution is -0.145. The summed E-state index contributed by atoms with van der Waals surface area (Å²) in [4.78, 5) is 23.1. The molecule has 2 aromatic heterocycles. The van der Waals surface area contributed by atoms with Crippen LogP contribution in [0.15, 0.2) is 12.7 Å². The van der Waals surface area contributed by atoms with Crippen molar-refractivity contribution in [2.45, 2.75) is 32.1 Å². The minimum Gasteiger partial charge on any atom is -0.463 e. The Morgan fingerprint density at radius 1 is 1.50 bits per heavy atom. The van der Waals surface area contributed by atoms with Gasteiger partial charge in [-0.05, 0) is 12.8 Å². The molecule has 7 nitrogen and oxygen atoms in total. The number of hydrogen-bond acceptors (Lipinski definition) is 6. The molecule has 0 unspecified atom stereocenters. The Bertz CT molecular complexity index is 645. The maximum absolute atomic E-state index is 10.8. The molecule has 3 rings (SSSR count). The Balaban J connectivity index is 1.76. The summed E-state index contributed by atoms with van der Waals surface area (Å²) in [6, 6.07) is 0. The molecule has 1 saturated heterocycles. The second kappa shape index (κ2) is 5.34. The fourth-order valence-electron chi connectivity index (χ4n) is 2.26. The smallest absolute Gasteiger partial charge is 0.302 e. The number of nitrogens with zero attached hydrogens (tertiary/aromatic N) is 4. The number of aromatic nitrogens is 4. The van der Waals surface area contributed by atoms with Gasteiger partial charge in [-0.25, -0.2) is 15.0 Å². The lowest BCUT2D eigenvalue weighted by Gasteiger charge is -2.14. The largest absolute Gasteiger partial charge is 0.463 e. The summed E-state index contributed by atoms with van der Waals surface area (Å²) in [6.45, 7) is 1.66. The van der Waals surface area contributed by atoms with Gasteiger partial charge in [-0.2, -0.15) is 0 Å². The first-order chi connectivity index (χ1) is 9.65. The first kappa shape index (κ1) is 13.3. The highest BCUT2D eigenvalue weighted by atomic mass is 35.5. The summed E-state index contributed by atoms with van der Waals surface area (Å²) < 4.78 is 12.6. The maximum atomic E-state index is 10.8. The van der Waals surface area contributed by atoms with Gasteiger partial charge in [0.2, 0.25) is 0 Å². The number of halogens is 1. The van der Waals surface area contributed by atoms with Gasteiger partial charge in [-0.1, -0.05) is 11.6 Å². The molecule has 0 aromatic carbocycles. The molecule has 0 spiro atoms. The molecule has 8 heteroatoms. The normalized spacial score (nSPS) is 22.3. The predicted octanol–water partition coefficient (Wildman–Crippen LogP) is 1.72. The zero-order valence-corrected chi connectivity index (χ0v) is 11.6. The van der Waals surface area contributed by atoms with E-state index >= 15 is 0 Å². The molecule has 2 aromatic rings. The average Bonchev–Trinajstić information content (AvgIpc) is 3.02. The summed E-state index contributed by atoms with van der Waals surface area (Å²) in [6.07, 6.45) is 4.39. The number of hydrogen-bond donors (Lipinski definition) is 0. The fourth-order valence-corrected chi connectivity index (χ4v) is 2.44. The van der Waals surface area contributed by atoms with Crippen molar-refractivity contribution in [1.82, 2.24) is 19.5 Å². The summed E-state index contributed by atoms with van der Waals surface area (Å²) in [5.41, 5.74) is 1.20. The van der Waals surface area contributed by atoms with E-state index in [0.717, 1.165) is 12.8 Å². The fraction of sp³-hybridized carbons (Fsp3) is 0.500. The number of ether oxygens (including phenoxy) is 2. The van der Waals surface area contributed by atoms with Crippen LogP contribution in [0, 0.1) is 0 Å². The molecular weight excluding hydrogens is 284 g/mol. The zero-order chi connectivity index (χ0) is 14.1. The Morgan fingerprint density at radius 3 is 3.15 bits per heavy atom. The van der Waals surface area contributed by atoms with E-state index in [9.17, 15) is 4.79 Å². The predicted molar refractivity (Wildman–Crippen MR) is 70.1 cm³/mol. The number of fused-ring (bicyclic) bond motifs is 1. The third-order valence-electron chi connectivity index (χ3n) is 3.18. The standard InChI is InChI=1S/C12H13ClN4O3/c1-7(18)19-4-8-2-3-9(20-8)17-6-16-10-11(13)14-5-15-12(10)17/h5-6,8-9H,2-4H2,1H3/t8-,9-/m1/s1. The minimum atomic E-state index is -0.301. The Hall–Kier alpha value is -1.73. The molecule has 1 fully saturated rings. The summed E-state index contributed by atoms with van der Waals surface area (Å²) >= 11 is 5.97. The van der Waals surface area contributed by atoms with Gasteiger partial charge >= 0.3 is 5.97 Å². The van der Waals surface area contributed by atoms with Gasteiger partial charge in [0.25, 0.3) is 0 Å². The van der Waals surface area contributed by atoms with E-state index in [1.165, 1.54) is 13.3 Å². The second-order valence-corrected chi connectivity index (χ2v) is 4.94. The van der Waals surface area contributed by atoms with Gasteiger partial charge in [-0.3, -0.25) is 9.36 Å². The molecule has 0 amide bonds. The molecule has 106 valence electrons. The lowest BCUT2D eigenvalue weighted by atomic mass is 10.2. The molecule has 0 bridgehead atoms. The van der Waals surface area contributed by atoms with Crippen molar-refractivity contribution in [3.05, 3.63) is 17.8 Å². The molecule has 20 heavy (non-hydrogen) atoms. The maximum Gasteiger partial charge on any atom is 0.302 e. The number of esters is 1. The highest BCUT2D eigenvalue weighted by Crippen LogP contribution is 2.31. The molecule has 2 atom stereocenters. The van der Waals surface area contributed by atoms with Crippen molar-refractivity contribution >= 4 is 28.7 Å². The Morgan fingerprint density at radius 2 is 2.35 bits per heavy atom. The SMILES string of the molecule is CC(=O)OC[C@H]1CC[C@H](n2cnc3c(Cl)ncnc32)O1. The van der Waals surface area contributed by atoms with Crippen molar-refractivity contribution in [3.63, 3.8) is 0 Å². The van der Waals surface area contributed by atoms with Gasteiger partial charge in [0, 0.05) is 6.92 Å². The topological polar surface area (TPSA) is 79.1 Å². The minimum absolute atomic E-state index is 0.0985. The van der Waals surface area contributed by atoms with Gasteiger partial charge in [-0.15, -0.1) is 0 Å². The van der Waals surface area contributed by atoms with Gasteiger partial charge in [0.15, 0.2) is 10.8 Å². The monoisotopic (exact) mass is 296 g/mol. The molecule has 0 saturated carbocycles. The molecule has 0 aliphatic carbocycles. The first-order valence-corrected chi connectivity index (χ1v) is 6.65. The summed E-state index contributed by atoms with van der Waals surface area (Å²) in [5.74, 6) is -0.301. The summed E-state index contributed by atoms with van der Waals surface area (Å²) in [7, 11) is 0. The Labute approximate surface area is 119 Å². The van der Waals surface area contributed by atoms with Crippen LogP contribution in [-0.4, -0.2) is 38.2 Å². The van der Waals surface area contributed by atoms with Gasteiger partial charge in [0.1, 0.15) is 24.7 Å². The van der Waals surface area contributed by atoms with Crippen molar-refractivity contribution < 1.29 is 14.3 Å². The first-order valence-electron chi connectivity index (χ1n) is 6.27. The van der Waals surface area contributed by atoms with Crippen molar-refractivity contribution in [2.24, 2.45) is 0 Å². The van der Waals surface area contributed by atoms with Crippen LogP contribution < -0.4 is 0 Å². The molecule has 1 aliphatic heterocycles. The summed E-state index contributed by atoms with van der Waals surface area (Å²) in [5, 5.41) is 0.322. The lowest BCUT2D eigenvalue weighted by Crippen LogP contribution is -2.18. The van der Waals surface area contributed by atoms with Crippen molar-refractivity contribution in [2.75, 3.05) is 6.61 Å². The van der Waals surface area contributed by atoms with Crippen LogP contribution in [0.5, 0.6) is 0 Å². The van der Waals surface area contributed by atoms with Crippen LogP contribution in [0.3, 0.4) is 0 Å². The van der Waals surface area contributed by atoms with E-state index in [1.807, 2.05) is 4.57 Å². The average molecular weight is 297 g/mol. The third kappa shape index (κ3) is 2.46. The zero-order valence-electron chi connectivity index (χ0n) is 10.8. The molecule has 0 N–H and O–H groups in total. The van der Waals surface area contributed by atoms with Crippen LogP contribution in [0.25, 0.3) is 11.2 Å². The number of rotatable bonds is 3. The van der Waals surface area contributed by atoms with Crippen molar-refractivity contribution in [1.29, 1.82) is 0 Å². The number of carbonyl (C=O) groups is 1. The van der Waals surface area contributed by atoms with Gasteiger partial charge < -0.3 is 9.47 Å². The third-order valence-corrected chi connectivity index (χ3v) is 3.46. The van der Waals surface area contributed by atoms with Crippen LogP contribution in [0.2, 0.25) is 5.15 Å². The number of imidazole rings is 1. The van der Waals surface area contributed by atoms with E-state index < -0.39 is 0 Å². The van der Waals surface area contributed by atoms with Crippen LogP contribution in [-0.2, 0) is 14.3 Å².